The van der Waals surface area contributed by atoms with E-state index in [9.17, 15) is 4.79 Å². The Morgan fingerprint density at radius 1 is 1.86 bits per heavy atom. The number of aryl methyl sites for hydroxylation is 1. The van der Waals surface area contributed by atoms with Crippen LogP contribution in [0.5, 0.6) is 0 Å². The van der Waals surface area contributed by atoms with Gasteiger partial charge in [-0.15, -0.1) is 11.3 Å². The first-order chi connectivity index (χ1) is 6.69. The number of thiazole rings is 1. The Labute approximate surface area is 87.4 Å². The van der Waals surface area contributed by atoms with Gasteiger partial charge in [0, 0.05) is 0 Å². The molecule has 4 heteroatoms. The van der Waals surface area contributed by atoms with Gasteiger partial charge in [0.15, 0.2) is 0 Å². The van der Waals surface area contributed by atoms with Gasteiger partial charge in [0.2, 0.25) is 0 Å². The van der Waals surface area contributed by atoms with Gasteiger partial charge in [-0.25, -0.2) is 9.78 Å². The van der Waals surface area contributed by atoms with Crippen LogP contribution in [0.1, 0.15) is 29.2 Å². The molecule has 0 unspecified atom stereocenters. The van der Waals surface area contributed by atoms with Gasteiger partial charge in [0.25, 0.3) is 0 Å². The fraction of sp³-hybridized carbons (Fsp3) is 0.400. The second-order valence-corrected chi connectivity index (χ2v) is 3.68. The molecule has 0 radical (unpaired) electrons. The summed E-state index contributed by atoms with van der Waals surface area (Å²) in [6, 6.07) is 0. The number of hydrogen-bond donors (Lipinski definition) is 0. The zero-order valence-corrected chi connectivity index (χ0v) is 9.13. The molecule has 0 aliphatic rings. The zero-order chi connectivity index (χ0) is 10.6. The summed E-state index contributed by atoms with van der Waals surface area (Å²) in [7, 11) is 0. The molecule has 0 amide bonds. The lowest BCUT2D eigenvalue weighted by Gasteiger charge is -2.07. The Kier molecular flexibility index (Phi) is 3.83. The topological polar surface area (TPSA) is 39.2 Å². The smallest absolute Gasteiger partial charge is 0.350 e. The number of aromatic nitrogens is 1. The predicted molar refractivity (Wildman–Crippen MR) is 56.6 cm³/mol. The normalized spacial score (nSPS) is 12.1. The van der Waals surface area contributed by atoms with Crippen LogP contribution in [0, 0.1) is 0 Å². The van der Waals surface area contributed by atoms with E-state index in [1.54, 1.807) is 18.5 Å². The van der Waals surface area contributed by atoms with Crippen molar-refractivity contribution < 1.29 is 9.53 Å². The van der Waals surface area contributed by atoms with Crippen LogP contribution in [0.3, 0.4) is 0 Å². The third-order valence-electron chi connectivity index (χ3n) is 1.79. The molecule has 1 rings (SSSR count). The molecule has 0 bridgehead atoms. The van der Waals surface area contributed by atoms with Gasteiger partial charge in [-0.3, -0.25) is 0 Å². The average Bonchev–Trinajstić information content (AvgIpc) is 2.65. The highest BCUT2D eigenvalue weighted by Crippen LogP contribution is 2.16. The monoisotopic (exact) mass is 211 g/mol. The van der Waals surface area contributed by atoms with Crippen molar-refractivity contribution >= 4 is 17.3 Å². The Morgan fingerprint density at radius 3 is 3.14 bits per heavy atom. The molecule has 1 aromatic heterocycles. The quantitative estimate of drug-likeness (QED) is 0.567. The summed E-state index contributed by atoms with van der Waals surface area (Å²) in [5, 5.41) is 0. The molecule has 76 valence electrons. The van der Waals surface area contributed by atoms with Crippen molar-refractivity contribution in [2.24, 2.45) is 0 Å². The Morgan fingerprint density at radius 2 is 2.57 bits per heavy atom. The summed E-state index contributed by atoms with van der Waals surface area (Å²) in [4.78, 5) is 16.2. The number of carbonyl (C=O) groups is 1. The number of nitrogens with zero attached hydrogens (tertiary/aromatic N) is 1. The van der Waals surface area contributed by atoms with Gasteiger partial charge < -0.3 is 4.74 Å². The zero-order valence-electron chi connectivity index (χ0n) is 8.32. The van der Waals surface area contributed by atoms with Crippen LogP contribution in [0.25, 0.3) is 0 Å². The van der Waals surface area contributed by atoms with E-state index in [0.717, 1.165) is 12.1 Å². The van der Waals surface area contributed by atoms with Crippen LogP contribution in [0.2, 0.25) is 0 Å². The van der Waals surface area contributed by atoms with Crippen molar-refractivity contribution in [3.05, 3.63) is 28.7 Å². The van der Waals surface area contributed by atoms with Crippen LogP contribution in [0.4, 0.5) is 0 Å². The molecule has 1 atom stereocenters. The van der Waals surface area contributed by atoms with Gasteiger partial charge >= 0.3 is 5.97 Å². The summed E-state index contributed by atoms with van der Waals surface area (Å²) < 4.78 is 5.10. The fourth-order valence-corrected chi connectivity index (χ4v) is 1.72. The Bertz CT molecular complexity index is 333. The van der Waals surface area contributed by atoms with Crippen LogP contribution >= 0.6 is 11.3 Å². The lowest BCUT2D eigenvalue weighted by atomic mass is 10.3. The van der Waals surface area contributed by atoms with E-state index in [1.807, 2.05) is 6.92 Å². The number of carbonyl (C=O) groups excluding carboxylic acids is 1. The molecule has 0 aliphatic carbocycles. The third-order valence-corrected chi connectivity index (χ3v) is 2.64. The predicted octanol–water partition coefficient (Wildman–Crippen LogP) is 2.44. The minimum atomic E-state index is -0.309. The summed E-state index contributed by atoms with van der Waals surface area (Å²) in [6.07, 6.45) is 2.08. The van der Waals surface area contributed by atoms with E-state index in [0.29, 0.717) is 4.88 Å². The summed E-state index contributed by atoms with van der Waals surface area (Å²) in [5.74, 6) is -0.309. The lowest BCUT2D eigenvalue weighted by Crippen LogP contribution is -2.12. The first-order valence-corrected chi connectivity index (χ1v) is 5.32. The third kappa shape index (κ3) is 2.42. The molecule has 0 N–H and O–H groups in total. The molecule has 0 fully saturated rings. The van der Waals surface area contributed by atoms with Crippen molar-refractivity contribution in [2.45, 2.75) is 26.4 Å². The molecule has 0 spiro atoms. The molecule has 3 nitrogen and oxygen atoms in total. The van der Waals surface area contributed by atoms with Crippen molar-refractivity contribution in [1.29, 1.82) is 0 Å². The second-order valence-electron chi connectivity index (χ2n) is 2.83. The van der Waals surface area contributed by atoms with E-state index >= 15 is 0 Å². The van der Waals surface area contributed by atoms with Crippen molar-refractivity contribution in [1.82, 2.24) is 4.98 Å². The SMILES string of the molecule is C=C[C@H](C)OC(=O)c1scnc1CC. The highest BCUT2D eigenvalue weighted by Gasteiger charge is 2.16. The van der Waals surface area contributed by atoms with Gasteiger partial charge in [0.1, 0.15) is 11.0 Å². The van der Waals surface area contributed by atoms with E-state index in [1.165, 1.54) is 11.3 Å². The summed E-state index contributed by atoms with van der Waals surface area (Å²) in [6.45, 7) is 7.28. The standard InChI is InChI=1S/C10H13NO2S/c1-4-7(3)13-10(12)9-8(5-2)11-6-14-9/h4,6-7H,1,5H2,2-3H3/t7-/m0/s1. The van der Waals surface area contributed by atoms with E-state index in [4.69, 9.17) is 4.74 Å². The maximum Gasteiger partial charge on any atom is 0.350 e. The van der Waals surface area contributed by atoms with E-state index in [-0.39, 0.29) is 12.1 Å². The first kappa shape index (κ1) is 10.9. The van der Waals surface area contributed by atoms with Crippen LogP contribution in [0.15, 0.2) is 18.2 Å². The molecular weight excluding hydrogens is 198 g/mol. The maximum atomic E-state index is 11.6. The summed E-state index contributed by atoms with van der Waals surface area (Å²) >= 11 is 1.31. The van der Waals surface area contributed by atoms with Gasteiger partial charge in [0.05, 0.1) is 11.2 Å². The van der Waals surface area contributed by atoms with Crippen LogP contribution in [-0.2, 0) is 11.2 Å². The molecule has 1 aromatic rings. The van der Waals surface area contributed by atoms with Crippen molar-refractivity contribution in [2.75, 3.05) is 0 Å². The van der Waals surface area contributed by atoms with Gasteiger partial charge in [-0.2, -0.15) is 0 Å². The van der Waals surface area contributed by atoms with Crippen molar-refractivity contribution in [3.63, 3.8) is 0 Å². The molecular formula is C10H13NO2S. The van der Waals surface area contributed by atoms with Crippen LogP contribution in [-0.4, -0.2) is 17.1 Å². The molecule has 1 heterocycles. The number of esters is 1. The highest BCUT2D eigenvalue weighted by atomic mass is 32.1. The van der Waals surface area contributed by atoms with E-state index < -0.39 is 0 Å². The van der Waals surface area contributed by atoms with Gasteiger partial charge in [-0.05, 0) is 13.3 Å². The molecule has 0 saturated heterocycles. The maximum absolute atomic E-state index is 11.6. The average molecular weight is 211 g/mol. The minimum Gasteiger partial charge on any atom is -0.454 e. The number of rotatable bonds is 4. The minimum absolute atomic E-state index is 0.255. The first-order valence-electron chi connectivity index (χ1n) is 4.45. The Balaban J connectivity index is 2.74. The lowest BCUT2D eigenvalue weighted by molar-refractivity contribution is 0.0429. The fourth-order valence-electron chi connectivity index (χ4n) is 0.958. The molecule has 0 aromatic carbocycles. The van der Waals surface area contributed by atoms with Crippen LogP contribution < -0.4 is 0 Å². The second kappa shape index (κ2) is 4.91. The number of hydrogen-bond acceptors (Lipinski definition) is 4. The largest absolute Gasteiger partial charge is 0.454 e. The number of ether oxygens (including phenoxy) is 1. The molecule has 14 heavy (non-hydrogen) atoms. The molecule has 0 aliphatic heterocycles. The van der Waals surface area contributed by atoms with Crippen molar-refractivity contribution in [3.8, 4) is 0 Å². The molecule has 0 saturated carbocycles. The van der Waals surface area contributed by atoms with E-state index in [2.05, 4.69) is 11.6 Å². The highest BCUT2D eigenvalue weighted by molar-refractivity contribution is 7.11. The Hall–Kier alpha value is -1.16. The summed E-state index contributed by atoms with van der Waals surface area (Å²) in [5.41, 5.74) is 2.46. The van der Waals surface area contributed by atoms with Gasteiger partial charge in [-0.1, -0.05) is 19.6 Å².